The van der Waals surface area contributed by atoms with Crippen molar-refractivity contribution in [3.05, 3.63) is 33.2 Å². The summed E-state index contributed by atoms with van der Waals surface area (Å²) in [6, 6.07) is 0. The topological polar surface area (TPSA) is 53.8 Å². The van der Waals surface area contributed by atoms with Crippen LogP contribution in [0.2, 0.25) is 0 Å². The quantitative estimate of drug-likeness (QED) is 0.824. The van der Waals surface area contributed by atoms with Crippen LogP contribution in [0.15, 0.2) is 17.8 Å². The second-order valence-electron chi connectivity index (χ2n) is 3.63. The fourth-order valence-electron chi connectivity index (χ4n) is 1.59. The number of aliphatic hydroxyl groups is 1. The van der Waals surface area contributed by atoms with Gasteiger partial charge in [-0.05, 0) is 12.2 Å². The molecule has 2 heterocycles. The minimum atomic E-state index is -0.00225. The van der Waals surface area contributed by atoms with Crippen LogP contribution in [0.3, 0.4) is 0 Å². The number of hydrogen-bond acceptors (Lipinski definition) is 4. The number of nitrogens with one attached hydrogen (secondary N) is 1. The molecule has 16 heavy (non-hydrogen) atoms. The number of imidazole rings is 1. The molecule has 6 heteroatoms. The minimum absolute atomic E-state index is 0.00225. The molecule has 2 rings (SSSR count). The largest absolute Gasteiger partial charge is 0.390 e. The highest BCUT2D eigenvalue weighted by atomic mass is 32.1. The van der Waals surface area contributed by atoms with Crippen molar-refractivity contribution in [3.63, 3.8) is 0 Å². The van der Waals surface area contributed by atoms with Crippen LogP contribution in [0.25, 0.3) is 0 Å². The Morgan fingerprint density at radius 3 is 3.12 bits per heavy atom. The summed E-state index contributed by atoms with van der Waals surface area (Å²) in [5, 5.41) is 12.2. The number of hydrogen-bond donors (Lipinski definition) is 2. The van der Waals surface area contributed by atoms with E-state index >= 15 is 0 Å². The molecule has 86 valence electrons. The molecule has 0 fully saturated rings. The van der Waals surface area contributed by atoms with Gasteiger partial charge in [-0.25, -0.2) is 4.98 Å². The zero-order valence-electron chi connectivity index (χ0n) is 8.88. The van der Waals surface area contributed by atoms with Crippen molar-refractivity contribution in [2.75, 3.05) is 0 Å². The van der Waals surface area contributed by atoms with Crippen molar-refractivity contribution < 1.29 is 5.11 Å². The van der Waals surface area contributed by atoms with Gasteiger partial charge in [0, 0.05) is 30.2 Å². The maximum Gasteiger partial charge on any atom is 0.177 e. The monoisotopic (exact) mass is 255 g/mol. The Bertz CT molecular complexity index is 500. The summed E-state index contributed by atoms with van der Waals surface area (Å²) in [5.41, 5.74) is 0.813. The molecular formula is C10H13N3OS2. The minimum Gasteiger partial charge on any atom is -0.390 e. The van der Waals surface area contributed by atoms with Gasteiger partial charge in [-0.15, -0.1) is 11.3 Å². The van der Waals surface area contributed by atoms with E-state index in [-0.39, 0.29) is 6.61 Å². The summed E-state index contributed by atoms with van der Waals surface area (Å²) < 4.78 is 2.56. The van der Waals surface area contributed by atoms with E-state index in [0.717, 1.165) is 17.2 Å². The Hall–Kier alpha value is -0.980. The first-order valence-electron chi connectivity index (χ1n) is 4.99. The van der Waals surface area contributed by atoms with Crippen LogP contribution in [0, 0.1) is 4.77 Å². The lowest BCUT2D eigenvalue weighted by Crippen LogP contribution is -2.09. The molecule has 0 radical (unpaired) electrons. The Labute approximate surface area is 103 Å². The molecule has 1 atom stereocenters. The normalized spacial score (nSPS) is 12.9. The standard InChI is InChI=1S/C10H13N3OS2/c1-7(9-11-2-3-16-9)5-13-8(6-14)4-12-10(13)15/h2-4,7,14H,5-6H2,1H3,(H,12,15). The van der Waals surface area contributed by atoms with Crippen molar-refractivity contribution in [1.29, 1.82) is 0 Å². The number of aromatic nitrogens is 3. The van der Waals surface area contributed by atoms with Crippen LogP contribution in [0.5, 0.6) is 0 Å². The lowest BCUT2D eigenvalue weighted by atomic mass is 10.2. The zero-order chi connectivity index (χ0) is 11.5. The van der Waals surface area contributed by atoms with Crippen LogP contribution < -0.4 is 0 Å². The molecule has 0 aromatic carbocycles. The average Bonchev–Trinajstić information content (AvgIpc) is 2.89. The summed E-state index contributed by atoms with van der Waals surface area (Å²) >= 11 is 6.81. The van der Waals surface area contributed by atoms with E-state index < -0.39 is 0 Å². The van der Waals surface area contributed by atoms with Crippen LogP contribution in [-0.2, 0) is 13.2 Å². The van der Waals surface area contributed by atoms with Crippen molar-refractivity contribution in [3.8, 4) is 0 Å². The van der Waals surface area contributed by atoms with Gasteiger partial charge in [-0.1, -0.05) is 6.92 Å². The summed E-state index contributed by atoms with van der Waals surface area (Å²) in [7, 11) is 0. The van der Waals surface area contributed by atoms with E-state index in [1.54, 1.807) is 23.7 Å². The molecule has 2 aromatic heterocycles. The lowest BCUT2D eigenvalue weighted by Gasteiger charge is -2.11. The number of H-pyrrole nitrogens is 1. The molecule has 0 bridgehead atoms. The fourth-order valence-corrected chi connectivity index (χ4v) is 2.53. The summed E-state index contributed by atoms with van der Waals surface area (Å²) in [6.07, 6.45) is 3.55. The third-order valence-electron chi connectivity index (χ3n) is 2.45. The Balaban J connectivity index is 2.20. The van der Waals surface area contributed by atoms with E-state index in [9.17, 15) is 5.11 Å². The Kier molecular flexibility index (Phi) is 3.52. The van der Waals surface area contributed by atoms with Gasteiger partial charge in [-0.3, -0.25) is 0 Å². The molecule has 0 aliphatic rings. The lowest BCUT2D eigenvalue weighted by molar-refractivity contribution is 0.269. The number of rotatable bonds is 4. The number of aromatic amines is 1. The third kappa shape index (κ3) is 2.23. The van der Waals surface area contributed by atoms with Gasteiger partial charge < -0.3 is 14.7 Å². The first-order valence-corrected chi connectivity index (χ1v) is 6.28. The molecule has 0 amide bonds. The van der Waals surface area contributed by atoms with Gasteiger partial charge in [0.1, 0.15) is 0 Å². The molecule has 0 spiro atoms. The van der Waals surface area contributed by atoms with Gasteiger partial charge in [0.2, 0.25) is 0 Å². The van der Waals surface area contributed by atoms with Crippen LogP contribution in [0.1, 0.15) is 23.5 Å². The van der Waals surface area contributed by atoms with Crippen molar-refractivity contribution in [1.82, 2.24) is 14.5 Å². The second kappa shape index (κ2) is 4.90. The van der Waals surface area contributed by atoms with E-state index in [2.05, 4.69) is 16.9 Å². The Morgan fingerprint density at radius 1 is 1.69 bits per heavy atom. The summed E-state index contributed by atoms with van der Waals surface area (Å²) in [6.45, 7) is 2.85. The first-order chi connectivity index (χ1) is 7.72. The molecular weight excluding hydrogens is 242 g/mol. The number of nitrogens with zero attached hydrogens (tertiary/aromatic N) is 2. The Morgan fingerprint density at radius 2 is 2.50 bits per heavy atom. The smallest absolute Gasteiger partial charge is 0.177 e. The molecule has 4 nitrogen and oxygen atoms in total. The van der Waals surface area contributed by atoms with Crippen molar-refractivity contribution >= 4 is 23.6 Å². The molecule has 0 saturated heterocycles. The molecule has 0 aliphatic carbocycles. The molecule has 1 unspecified atom stereocenters. The second-order valence-corrected chi connectivity index (χ2v) is 4.94. The van der Waals surface area contributed by atoms with Gasteiger partial charge in [-0.2, -0.15) is 0 Å². The van der Waals surface area contributed by atoms with E-state index in [1.165, 1.54) is 0 Å². The van der Waals surface area contributed by atoms with Gasteiger partial charge in [0.15, 0.2) is 4.77 Å². The average molecular weight is 255 g/mol. The number of thiazole rings is 1. The van der Waals surface area contributed by atoms with Crippen molar-refractivity contribution in [2.45, 2.75) is 26.0 Å². The van der Waals surface area contributed by atoms with Crippen LogP contribution >= 0.6 is 23.6 Å². The SMILES string of the molecule is CC(Cn1c(CO)c[nH]c1=S)c1nccs1. The summed E-state index contributed by atoms with van der Waals surface area (Å²) in [5.74, 6) is 0.299. The highest BCUT2D eigenvalue weighted by Crippen LogP contribution is 2.20. The highest BCUT2D eigenvalue weighted by molar-refractivity contribution is 7.71. The zero-order valence-corrected chi connectivity index (χ0v) is 10.5. The summed E-state index contributed by atoms with van der Waals surface area (Å²) in [4.78, 5) is 7.22. The van der Waals surface area contributed by atoms with Crippen molar-refractivity contribution in [2.24, 2.45) is 0 Å². The van der Waals surface area contributed by atoms with E-state index in [1.807, 2.05) is 9.95 Å². The molecule has 0 aliphatic heterocycles. The van der Waals surface area contributed by atoms with Gasteiger partial charge in [0.25, 0.3) is 0 Å². The van der Waals surface area contributed by atoms with Crippen LogP contribution in [0.4, 0.5) is 0 Å². The molecule has 2 N–H and O–H groups in total. The maximum atomic E-state index is 9.18. The molecule has 2 aromatic rings. The predicted octanol–water partition coefficient (Wildman–Crippen LogP) is 2.30. The third-order valence-corrected chi connectivity index (χ3v) is 3.79. The fraction of sp³-hybridized carbons (Fsp3) is 0.400. The highest BCUT2D eigenvalue weighted by Gasteiger charge is 2.11. The predicted molar refractivity (Wildman–Crippen MR) is 66.1 cm³/mol. The van der Waals surface area contributed by atoms with E-state index in [4.69, 9.17) is 12.2 Å². The van der Waals surface area contributed by atoms with Crippen LogP contribution in [-0.4, -0.2) is 19.6 Å². The number of aliphatic hydroxyl groups excluding tert-OH is 1. The van der Waals surface area contributed by atoms with E-state index in [0.29, 0.717) is 10.7 Å². The van der Waals surface area contributed by atoms with Gasteiger partial charge >= 0.3 is 0 Å². The van der Waals surface area contributed by atoms with Gasteiger partial charge in [0.05, 0.1) is 17.3 Å². The molecule has 0 saturated carbocycles. The maximum absolute atomic E-state index is 9.18. The first kappa shape index (κ1) is 11.5.